The Kier molecular flexibility index (Phi) is 3.75. The van der Waals surface area contributed by atoms with E-state index < -0.39 is 0 Å². The van der Waals surface area contributed by atoms with E-state index in [4.69, 9.17) is 11.6 Å². The van der Waals surface area contributed by atoms with E-state index in [0.717, 1.165) is 16.5 Å². The Bertz CT molecular complexity index is 1010. The summed E-state index contributed by atoms with van der Waals surface area (Å²) in [6, 6.07) is 13.6. The van der Waals surface area contributed by atoms with Gasteiger partial charge >= 0.3 is 0 Å². The molecule has 25 heavy (non-hydrogen) atoms. The molecule has 0 fully saturated rings. The molecule has 4 aromatic rings. The molecule has 0 spiro atoms. The van der Waals surface area contributed by atoms with E-state index in [9.17, 15) is 0 Å². The second-order valence-electron chi connectivity index (χ2n) is 5.71. The van der Waals surface area contributed by atoms with E-state index in [0.29, 0.717) is 23.9 Å². The van der Waals surface area contributed by atoms with Gasteiger partial charge in [-0.15, -0.1) is 0 Å². The van der Waals surface area contributed by atoms with Crippen molar-refractivity contribution in [3.8, 4) is 5.82 Å². The first-order valence-electron chi connectivity index (χ1n) is 7.81. The van der Waals surface area contributed by atoms with Crippen LogP contribution in [-0.2, 0) is 6.54 Å². The van der Waals surface area contributed by atoms with Crippen molar-refractivity contribution < 1.29 is 0 Å². The van der Waals surface area contributed by atoms with Crippen LogP contribution in [0.15, 0.2) is 67.4 Å². The number of hydrazine groups is 1. The van der Waals surface area contributed by atoms with Gasteiger partial charge in [0.15, 0.2) is 5.82 Å². The lowest BCUT2D eigenvalue weighted by Gasteiger charge is -2.20. The summed E-state index contributed by atoms with van der Waals surface area (Å²) in [4.78, 5) is 12.9. The zero-order valence-corrected chi connectivity index (χ0v) is 13.4. The molecule has 4 rings (SSSR count). The van der Waals surface area contributed by atoms with Crippen LogP contribution in [0.3, 0.4) is 0 Å². The zero-order chi connectivity index (χ0) is 17.2. The smallest absolute Gasteiger partial charge is 0.168 e. The summed E-state index contributed by atoms with van der Waals surface area (Å²) in [7, 11) is 0. The lowest BCUT2D eigenvalue weighted by atomic mass is 10.1. The second-order valence-corrected chi connectivity index (χ2v) is 5.71. The minimum absolute atomic E-state index is 0.482. The minimum atomic E-state index is 0.482. The van der Waals surface area contributed by atoms with Crippen molar-refractivity contribution in [2.24, 2.45) is 5.84 Å². The predicted octanol–water partition coefficient (Wildman–Crippen LogP) is 2.28. The first-order chi connectivity index (χ1) is 12.2. The van der Waals surface area contributed by atoms with Crippen molar-refractivity contribution >= 4 is 22.4 Å². The molecule has 0 saturated carbocycles. The van der Waals surface area contributed by atoms with Crippen LogP contribution in [0.5, 0.6) is 0 Å². The van der Waals surface area contributed by atoms with Gasteiger partial charge in [-0.2, -0.15) is 0 Å². The number of hydrogen-bond donors (Lipinski definition) is 2. The highest BCUT2D eigenvalue weighted by atomic mass is 15.4. The van der Waals surface area contributed by atoms with E-state index >= 15 is 0 Å². The van der Waals surface area contributed by atoms with E-state index in [1.165, 1.54) is 0 Å². The highest BCUT2D eigenvalue weighted by Crippen LogP contribution is 2.22. The maximum atomic E-state index is 6.24. The summed E-state index contributed by atoms with van der Waals surface area (Å²) >= 11 is 0. The first-order valence-corrected chi connectivity index (χ1v) is 7.81. The highest BCUT2D eigenvalue weighted by Gasteiger charge is 2.11. The Morgan fingerprint density at radius 3 is 2.84 bits per heavy atom. The van der Waals surface area contributed by atoms with Gasteiger partial charge in [0.1, 0.15) is 12.1 Å². The third-order valence-corrected chi connectivity index (χ3v) is 3.95. The lowest BCUT2D eigenvalue weighted by Crippen LogP contribution is -2.32. The Morgan fingerprint density at radius 1 is 1.08 bits per heavy atom. The van der Waals surface area contributed by atoms with E-state index in [1.807, 2.05) is 36.5 Å². The van der Waals surface area contributed by atoms with Crippen LogP contribution < -0.4 is 16.6 Å². The van der Waals surface area contributed by atoms with Crippen LogP contribution in [0.1, 0.15) is 5.56 Å². The number of benzene rings is 1. The Balaban J connectivity index is 1.63. The molecule has 124 valence electrons. The Hall–Kier alpha value is -3.45. The molecule has 0 atom stereocenters. The van der Waals surface area contributed by atoms with Crippen molar-refractivity contribution in [2.45, 2.75) is 6.54 Å². The molecule has 0 saturated heterocycles. The number of aromatic nitrogens is 4. The molecule has 0 radical (unpaired) electrons. The summed E-state index contributed by atoms with van der Waals surface area (Å²) in [6.45, 7) is 0.482. The number of anilines is 2. The fourth-order valence-electron chi connectivity index (χ4n) is 2.71. The molecule has 0 aliphatic heterocycles. The van der Waals surface area contributed by atoms with Crippen LogP contribution in [0.25, 0.3) is 16.7 Å². The van der Waals surface area contributed by atoms with Gasteiger partial charge in [-0.05, 0) is 35.9 Å². The predicted molar refractivity (Wildman–Crippen MR) is 97.9 cm³/mol. The molecule has 3 aromatic heterocycles. The van der Waals surface area contributed by atoms with Crippen LogP contribution in [0.4, 0.5) is 11.5 Å². The fourth-order valence-corrected chi connectivity index (χ4v) is 2.71. The highest BCUT2D eigenvalue weighted by molar-refractivity contribution is 5.79. The van der Waals surface area contributed by atoms with Crippen LogP contribution >= 0.6 is 0 Å². The van der Waals surface area contributed by atoms with Gasteiger partial charge in [-0.3, -0.25) is 14.6 Å². The number of nitrogens with zero attached hydrogens (tertiary/aromatic N) is 5. The number of nitrogen functional groups attached to an aromatic ring is 1. The topological polar surface area (TPSA) is 98.9 Å². The standard InChI is InChI=1S/C18H17N7/c19-15-4-6-17(24-9-8-21-12-24)23-18(15)25(20)11-13-3-5-16-14(10-13)2-1-7-22-16/h1-10,12H,11,19-20H2. The number of rotatable bonds is 4. The zero-order valence-electron chi connectivity index (χ0n) is 13.4. The van der Waals surface area contributed by atoms with Gasteiger partial charge in [-0.1, -0.05) is 12.1 Å². The van der Waals surface area contributed by atoms with Crippen LogP contribution in [-0.4, -0.2) is 19.5 Å². The lowest BCUT2D eigenvalue weighted by molar-refractivity contribution is 0.827. The molecular formula is C18H17N7. The summed E-state index contributed by atoms with van der Waals surface area (Å²) in [5.74, 6) is 7.48. The van der Waals surface area contributed by atoms with Gasteiger partial charge in [0, 0.05) is 24.0 Å². The van der Waals surface area contributed by atoms with Crippen LogP contribution in [0, 0.1) is 0 Å². The Labute approximate surface area is 144 Å². The molecule has 3 heterocycles. The summed E-state index contributed by atoms with van der Waals surface area (Å²) in [5, 5.41) is 2.62. The van der Waals surface area contributed by atoms with Gasteiger partial charge in [0.25, 0.3) is 0 Å². The number of imidazole rings is 1. The summed E-state index contributed by atoms with van der Waals surface area (Å²) in [5.41, 5.74) is 8.60. The number of hydrogen-bond acceptors (Lipinski definition) is 6. The van der Waals surface area contributed by atoms with Gasteiger partial charge in [0.2, 0.25) is 0 Å². The van der Waals surface area contributed by atoms with Crippen molar-refractivity contribution in [3.63, 3.8) is 0 Å². The number of nitrogens with two attached hydrogens (primary N) is 2. The third kappa shape index (κ3) is 3.00. The quantitative estimate of drug-likeness (QED) is 0.440. The largest absolute Gasteiger partial charge is 0.396 e. The van der Waals surface area contributed by atoms with Crippen molar-refractivity contribution in [1.29, 1.82) is 0 Å². The third-order valence-electron chi connectivity index (χ3n) is 3.95. The fraction of sp³-hybridized carbons (Fsp3) is 0.0556. The first kappa shape index (κ1) is 15.1. The molecule has 0 amide bonds. The second kappa shape index (κ2) is 6.21. The van der Waals surface area contributed by atoms with Gasteiger partial charge in [-0.25, -0.2) is 15.8 Å². The minimum Gasteiger partial charge on any atom is -0.396 e. The molecule has 1 aromatic carbocycles. The average Bonchev–Trinajstić information content (AvgIpc) is 3.16. The monoisotopic (exact) mass is 331 g/mol. The molecule has 4 N–H and O–H groups in total. The molecular weight excluding hydrogens is 314 g/mol. The van der Waals surface area contributed by atoms with E-state index in [2.05, 4.69) is 21.0 Å². The molecule has 0 bridgehead atoms. The number of fused-ring (bicyclic) bond motifs is 1. The van der Waals surface area contributed by atoms with Crippen molar-refractivity contribution in [1.82, 2.24) is 19.5 Å². The summed E-state index contributed by atoms with van der Waals surface area (Å²) in [6.07, 6.45) is 6.98. The van der Waals surface area contributed by atoms with E-state index in [1.54, 1.807) is 34.4 Å². The maximum absolute atomic E-state index is 6.24. The maximum Gasteiger partial charge on any atom is 0.168 e. The van der Waals surface area contributed by atoms with Crippen LogP contribution in [0.2, 0.25) is 0 Å². The molecule has 0 unspecified atom stereocenters. The summed E-state index contributed by atoms with van der Waals surface area (Å²) < 4.78 is 1.80. The van der Waals surface area contributed by atoms with E-state index in [-0.39, 0.29) is 0 Å². The number of pyridine rings is 2. The molecule has 0 aliphatic rings. The average molecular weight is 331 g/mol. The normalized spacial score (nSPS) is 10.9. The Morgan fingerprint density at radius 2 is 2.00 bits per heavy atom. The molecule has 7 nitrogen and oxygen atoms in total. The van der Waals surface area contributed by atoms with Gasteiger partial charge in [0.05, 0.1) is 17.7 Å². The van der Waals surface area contributed by atoms with Gasteiger partial charge < -0.3 is 5.73 Å². The van der Waals surface area contributed by atoms with Crippen molar-refractivity contribution in [3.05, 3.63) is 72.9 Å². The van der Waals surface area contributed by atoms with Crippen molar-refractivity contribution in [2.75, 3.05) is 10.7 Å². The SMILES string of the molecule is Nc1ccc(-n2ccnc2)nc1N(N)Cc1ccc2ncccc2c1. The molecule has 7 heteroatoms. The molecule has 0 aliphatic carbocycles.